The second kappa shape index (κ2) is 18.4. The molecule has 15 heteroatoms. The number of aromatic hydroxyl groups is 1. The van der Waals surface area contributed by atoms with Gasteiger partial charge < -0.3 is 35.6 Å². The van der Waals surface area contributed by atoms with Gasteiger partial charge in [-0.3, -0.25) is 14.4 Å². The second-order valence-electron chi connectivity index (χ2n) is 12.9. The number of fused-ring (bicyclic) bond motifs is 1. The van der Waals surface area contributed by atoms with Crippen LogP contribution in [0.15, 0.2) is 76.5 Å². The van der Waals surface area contributed by atoms with Crippen LogP contribution in [0.4, 0.5) is 11.4 Å². The zero-order valence-electron chi connectivity index (χ0n) is 29.6. The monoisotopic (exact) mass is 756 g/mol. The molecule has 0 spiro atoms. The van der Waals surface area contributed by atoms with Crippen molar-refractivity contribution >= 4 is 50.9 Å². The number of phenolic OH excluding ortho intramolecular Hbond substituents is 1. The molecule has 52 heavy (non-hydrogen) atoms. The van der Waals surface area contributed by atoms with Crippen molar-refractivity contribution < 1.29 is 42.9 Å². The maximum atomic E-state index is 14.3. The lowest BCUT2D eigenvalue weighted by Gasteiger charge is -2.37. The van der Waals surface area contributed by atoms with Gasteiger partial charge in [0.2, 0.25) is 15.9 Å². The van der Waals surface area contributed by atoms with Crippen LogP contribution in [-0.2, 0) is 24.4 Å². The molecule has 0 radical (unpaired) electrons. The zero-order chi connectivity index (χ0) is 37.9. The summed E-state index contributed by atoms with van der Waals surface area (Å²) in [6.07, 6.45) is 4.70. The van der Waals surface area contributed by atoms with E-state index in [-0.39, 0.29) is 22.9 Å². The van der Waals surface area contributed by atoms with Crippen molar-refractivity contribution in [1.82, 2.24) is 15.4 Å². The number of ether oxygens (including phenoxy) is 1. The van der Waals surface area contributed by atoms with Gasteiger partial charge in [-0.2, -0.15) is 0 Å². The first kappa shape index (κ1) is 40.5. The molecule has 0 saturated heterocycles. The Bertz CT molecular complexity index is 1780. The van der Waals surface area contributed by atoms with E-state index in [2.05, 4.69) is 29.2 Å². The number of amides is 2. The van der Waals surface area contributed by atoms with Crippen LogP contribution in [0.3, 0.4) is 0 Å². The van der Waals surface area contributed by atoms with Crippen molar-refractivity contribution in [2.45, 2.75) is 86.3 Å². The molecule has 6 N–H and O–H groups in total. The molecule has 0 saturated carbocycles. The number of benzene rings is 3. The highest BCUT2D eigenvalue weighted by Crippen LogP contribution is 2.44. The van der Waals surface area contributed by atoms with Crippen LogP contribution in [0.25, 0.3) is 0 Å². The molecule has 0 aliphatic carbocycles. The summed E-state index contributed by atoms with van der Waals surface area (Å²) in [5, 5.41) is 33.6. The van der Waals surface area contributed by atoms with Crippen LogP contribution in [-0.4, -0.2) is 79.1 Å². The van der Waals surface area contributed by atoms with Gasteiger partial charge in [0.25, 0.3) is 5.91 Å². The van der Waals surface area contributed by atoms with Crippen molar-refractivity contribution in [3.05, 3.63) is 72.3 Å². The number of rotatable bonds is 18. The summed E-state index contributed by atoms with van der Waals surface area (Å²) in [7, 11) is -4.08. The number of hydrogen-bond donors (Lipinski definition) is 6. The topological polar surface area (TPSA) is 195 Å². The number of aliphatic hydroxyl groups excluding tert-OH is 1. The number of nitrogens with one attached hydrogen (secondary N) is 3. The molecule has 13 nitrogen and oxygen atoms in total. The quantitative estimate of drug-likeness (QED) is 0.0972. The summed E-state index contributed by atoms with van der Waals surface area (Å²) in [5.74, 6) is -2.59. The van der Waals surface area contributed by atoms with E-state index in [0.717, 1.165) is 31.4 Å². The Morgan fingerprint density at radius 2 is 1.67 bits per heavy atom. The van der Waals surface area contributed by atoms with E-state index in [9.17, 15) is 33.0 Å². The molecule has 4 rings (SSSR count). The number of phenols is 1. The molecule has 0 fully saturated rings. The van der Waals surface area contributed by atoms with Gasteiger partial charge in [-0.05, 0) is 55.0 Å². The van der Waals surface area contributed by atoms with Gasteiger partial charge in [0, 0.05) is 24.8 Å². The third-order valence-electron chi connectivity index (χ3n) is 8.80. The second-order valence-corrected chi connectivity index (χ2v) is 15.4. The fraction of sp³-hybridized carbons (Fsp3) is 0.432. The van der Waals surface area contributed by atoms with E-state index >= 15 is 0 Å². The zero-order valence-corrected chi connectivity index (χ0v) is 31.3. The minimum Gasteiger partial charge on any atom is -0.508 e. The first-order valence-corrected chi connectivity index (χ1v) is 20.0. The first-order valence-electron chi connectivity index (χ1n) is 17.3. The first-order chi connectivity index (χ1) is 24.8. The Morgan fingerprint density at radius 1 is 1.02 bits per heavy atom. The van der Waals surface area contributed by atoms with Gasteiger partial charge in [0.05, 0.1) is 28.6 Å². The van der Waals surface area contributed by atoms with Crippen LogP contribution in [0, 0.1) is 0 Å². The molecular weight excluding hydrogens is 709 g/mol. The average molecular weight is 757 g/mol. The van der Waals surface area contributed by atoms with E-state index in [4.69, 9.17) is 9.84 Å². The molecule has 1 aliphatic rings. The standard InChI is InChI=1S/C37H48N4O9S2/c1-4-6-17-37(18-7-5-2)24-41(26-11-9-8-10-12-26)29-20-31(51-3)30(21-32(29)52(48,49)40-37)50-23-33(44)39-35(25-13-15-27(42)16-14-25)36(47)38-22-28(43)19-34(45)46/h8-16,20-21,28,35,40,42-43H,4-7,17-19,22-24H2,1-3H3,(H,38,47)(H,39,44)(H,45,46)/t28?,35-/m1/s1. The molecule has 0 bridgehead atoms. The third kappa shape index (κ3) is 10.6. The summed E-state index contributed by atoms with van der Waals surface area (Å²) in [6.45, 7) is 3.63. The molecule has 2 amide bonds. The Hall–Kier alpha value is -4.31. The van der Waals surface area contributed by atoms with Crippen LogP contribution >= 0.6 is 11.8 Å². The summed E-state index contributed by atoms with van der Waals surface area (Å²) >= 11 is 1.33. The summed E-state index contributed by atoms with van der Waals surface area (Å²) in [4.78, 5) is 40.1. The lowest BCUT2D eigenvalue weighted by molar-refractivity contribution is -0.139. The van der Waals surface area contributed by atoms with Crippen molar-refractivity contribution in [1.29, 1.82) is 0 Å². The van der Waals surface area contributed by atoms with Gasteiger partial charge in [-0.15, -0.1) is 11.8 Å². The Balaban J connectivity index is 1.65. The highest BCUT2D eigenvalue weighted by molar-refractivity contribution is 7.98. The number of anilines is 2. The van der Waals surface area contributed by atoms with Crippen LogP contribution in [0.5, 0.6) is 11.5 Å². The Morgan fingerprint density at radius 3 is 2.27 bits per heavy atom. The summed E-state index contributed by atoms with van der Waals surface area (Å²) in [5.41, 5.74) is 0.908. The summed E-state index contributed by atoms with van der Waals surface area (Å²) in [6, 6.07) is 17.1. The maximum absolute atomic E-state index is 14.3. The number of aliphatic hydroxyl groups is 1. The van der Waals surface area contributed by atoms with Gasteiger partial charge in [0.15, 0.2) is 6.61 Å². The number of carbonyl (C=O) groups is 3. The minimum atomic E-state index is -4.08. The van der Waals surface area contributed by atoms with Crippen molar-refractivity contribution in [3.8, 4) is 11.5 Å². The maximum Gasteiger partial charge on any atom is 0.306 e. The molecule has 1 heterocycles. The number of thioether (sulfide) groups is 1. The largest absolute Gasteiger partial charge is 0.508 e. The number of unbranched alkanes of at least 4 members (excludes halogenated alkanes) is 2. The highest BCUT2D eigenvalue weighted by atomic mass is 32.2. The predicted octanol–water partition coefficient (Wildman–Crippen LogP) is 4.85. The number of sulfonamides is 1. The lowest BCUT2D eigenvalue weighted by Crippen LogP contribution is -2.53. The number of hydrogen-bond acceptors (Lipinski definition) is 10. The number of aliphatic carboxylic acids is 1. The molecule has 3 aromatic rings. The lowest BCUT2D eigenvalue weighted by atomic mass is 9.87. The van der Waals surface area contributed by atoms with Gasteiger partial charge in [0.1, 0.15) is 22.4 Å². The van der Waals surface area contributed by atoms with Crippen molar-refractivity contribution in [3.63, 3.8) is 0 Å². The van der Waals surface area contributed by atoms with E-state index < -0.39 is 58.5 Å². The minimum absolute atomic E-state index is 0.0145. The van der Waals surface area contributed by atoms with Crippen LogP contribution in [0.2, 0.25) is 0 Å². The molecule has 0 aromatic heterocycles. The number of nitrogens with zero attached hydrogens (tertiary/aromatic N) is 1. The molecular formula is C37H48N4O9S2. The number of carboxylic acid groups (broad SMARTS) is 1. The predicted molar refractivity (Wildman–Crippen MR) is 200 cm³/mol. The molecule has 282 valence electrons. The number of carbonyl (C=O) groups excluding carboxylic acids is 2. The highest BCUT2D eigenvalue weighted by Gasteiger charge is 2.42. The third-order valence-corrected chi connectivity index (χ3v) is 11.2. The molecule has 3 aromatic carbocycles. The van der Waals surface area contributed by atoms with E-state index in [1.54, 1.807) is 6.07 Å². The van der Waals surface area contributed by atoms with Crippen molar-refractivity contribution in [2.24, 2.45) is 0 Å². The van der Waals surface area contributed by atoms with Crippen LogP contribution < -0.4 is 25.0 Å². The van der Waals surface area contributed by atoms with Gasteiger partial charge in [-0.25, -0.2) is 13.1 Å². The van der Waals surface area contributed by atoms with E-state index in [1.165, 1.54) is 42.1 Å². The Labute approximate surface area is 309 Å². The molecule has 1 unspecified atom stereocenters. The smallest absolute Gasteiger partial charge is 0.306 e. The average Bonchev–Trinajstić information content (AvgIpc) is 3.21. The summed E-state index contributed by atoms with van der Waals surface area (Å²) < 4.78 is 37.6. The normalized spacial score (nSPS) is 15.8. The molecule has 1 aliphatic heterocycles. The fourth-order valence-electron chi connectivity index (χ4n) is 6.15. The Kier molecular flexibility index (Phi) is 14.4. The van der Waals surface area contributed by atoms with E-state index in [1.807, 2.05) is 41.5 Å². The van der Waals surface area contributed by atoms with E-state index in [0.29, 0.717) is 35.5 Å². The van der Waals surface area contributed by atoms with Gasteiger partial charge in [-0.1, -0.05) is 69.9 Å². The van der Waals surface area contributed by atoms with Gasteiger partial charge >= 0.3 is 5.97 Å². The number of carboxylic acids is 1. The molecule has 2 atom stereocenters. The SMILES string of the molecule is CCCCC1(CCCC)CN(c2ccccc2)c2cc(SC)c(OCC(=O)N[C@@H](C(=O)NCC(O)CC(=O)O)c3ccc(O)cc3)cc2S(=O)(=O)N1. The number of para-hydroxylation sites is 1. The fourth-order valence-corrected chi connectivity index (χ4v) is 8.35. The van der Waals surface area contributed by atoms with Crippen LogP contribution in [0.1, 0.15) is 70.4 Å². The van der Waals surface area contributed by atoms with Crippen molar-refractivity contribution in [2.75, 3.05) is 30.9 Å².